The molecule has 6 heteroatoms. The Balaban J connectivity index is 2.22. The van der Waals surface area contributed by atoms with E-state index >= 15 is 0 Å². The fourth-order valence-corrected chi connectivity index (χ4v) is 1.88. The van der Waals surface area contributed by atoms with Crippen molar-refractivity contribution in [3.8, 4) is 0 Å². The molecule has 0 unspecified atom stereocenters. The van der Waals surface area contributed by atoms with E-state index in [0.29, 0.717) is 10.8 Å². The maximum Gasteiger partial charge on any atom is 0.190 e. The van der Waals surface area contributed by atoms with Crippen molar-refractivity contribution in [1.82, 2.24) is 19.7 Å². The standard InChI is InChI=1S/C12H13ClN4O/c1-8(2)17-11(15-7-16-17)6-10(18)12-9(13)4-3-5-14-12/h3-5,7-8H,6H2,1-2H3. The van der Waals surface area contributed by atoms with Gasteiger partial charge in [-0.25, -0.2) is 9.67 Å². The average molecular weight is 265 g/mol. The number of nitrogens with zero attached hydrogens (tertiary/aromatic N) is 4. The summed E-state index contributed by atoms with van der Waals surface area (Å²) >= 11 is 5.94. The Kier molecular flexibility index (Phi) is 3.72. The highest BCUT2D eigenvalue weighted by atomic mass is 35.5. The molecule has 0 aromatic carbocycles. The van der Waals surface area contributed by atoms with Gasteiger partial charge >= 0.3 is 0 Å². The number of aromatic nitrogens is 4. The number of carbonyl (C=O) groups excluding carboxylic acids is 1. The predicted octanol–water partition coefficient (Wildman–Crippen LogP) is 2.33. The Labute approximate surface area is 110 Å². The largest absolute Gasteiger partial charge is 0.292 e. The smallest absolute Gasteiger partial charge is 0.190 e. The zero-order valence-corrected chi connectivity index (χ0v) is 10.9. The van der Waals surface area contributed by atoms with Gasteiger partial charge in [-0.3, -0.25) is 9.78 Å². The van der Waals surface area contributed by atoms with Crippen molar-refractivity contribution in [1.29, 1.82) is 0 Å². The van der Waals surface area contributed by atoms with Crippen LogP contribution in [0.25, 0.3) is 0 Å². The molecule has 0 aliphatic rings. The Hall–Kier alpha value is -1.75. The number of rotatable bonds is 4. The Bertz CT molecular complexity index is 565. The third kappa shape index (κ3) is 2.56. The van der Waals surface area contributed by atoms with Gasteiger partial charge in [-0.05, 0) is 26.0 Å². The van der Waals surface area contributed by atoms with Crippen LogP contribution in [0.5, 0.6) is 0 Å². The van der Waals surface area contributed by atoms with Crippen molar-refractivity contribution in [2.75, 3.05) is 0 Å². The van der Waals surface area contributed by atoms with Gasteiger partial charge in [0.2, 0.25) is 0 Å². The van der Waals surface area contributed by atoms with Crippen LogP contribution >= 0.6 is 11.6 Å². The van der Waals surface area contributed by atoms with Crippen LogP contribution in [0.4, 0.5) is 0 Å². The SMILES string of the molecule is CC(C)n1ncnc1CC(=O)c1ncccc1Cl. The summed E-state index contributed by atoms with van der Waals surface area (Å²) in [5.41, 5.74) is 0.275. The molecule has 0 aliphatic carbocycles. The maximum absolute atomic E-state index is 12.1. The highest BCUT2D eigenvalue weighted by Gasteiger charge is 2.16. The van der Waals surface area contributed by atoms with Crippen molar-refractivity contribution in [3.63, 3.8) is 0 Å². The first-order valence-corrected chi connectivity index (χ1v) is 5.99. The molecule has 2 heterocycles. The summed E-state index contributed by atoms with van der Waals surface area (Å²) in [6.07, 6.45) is 3.14. The van der Waals surface area contributed by atoms with Crippen molar-refractivity contribution < 1.29 is 4.79 Å². The maximum atomic E-state index is 12.1. The van der Waals surface area contributed by atoms with Crippen molar-refractivity contribution in [2.24, 2.45) is 0 Å². The van der Waals surface area contributed by atoms with E-state index in [1.807, 2.05) is 13.8 Å². The summed E-state index contributed by atoms with van der Waals surface area (Å²) in [6.45, 7) is 3.97. The number of hydrogen-bond donors (Lipinski definition) is 0. The first kappa shape index (κ1) is 12.7. The zero-order valence-electron chi connectivity index (χ0n) is 10.2. The van der Waals surface area contributed by atoms with Gasteiger partial charge in [-0.2, -0.15) is 5.10 Å². The van der Waals surface area contributed by atoms with Gasteiger partial charge in [-0.1, -0.05) is 11.6 Å². The minimum absolute atomic E-state index is 0.148. The van der Waals surface area contributed by atoms with Crippen LogP contribution in [-0.2, 0) is 6.42 Å². The minimum Gasteiger partial charge on any atom is -0.292 e. The normalized spacial score (nSPS) is 10.9. The molecule has 0 saturated heterocycles. The summed E-state index contributed by atoms with van der Waals surface area (Å²) < 4.78 is 1.72. The van der Waals surface area contributed by atoms with Gasteiger partial charge in [0.05, 0.1) is 11.4 Å². The Morgan fingerprint density at radius 3 is 2.89 bits per heavy atom. The van der Waals surface area contributed by atoms with Crippen LogP contribution in [0.1, 0.15) is 36.2 Å². The first-order valence-electron chi connectivity index (χ1n) is 5.61. The predicted molar refractivity (Wildman–Crippen MR) is 67.7 cm³/mol. The number of hydrogen-bond acceptors (Lipinski definition) is 4. The second kappa shape index (κ2) is 5.27. The lowest BCUT2D eigenvalue weighted by Gasteiger charge is -2.08. The monoisotopic (exact) mass is 264 g/mol. The minimum atomic E-state index is -0.157. The lowest BCUT2D eigenvalue weighted by molar-refractivity contribution is 0.0984. The summed E-state index contributed by atoms with van der Waals surface area (Å²) in [6, 6.07) is 3.50. The summed E-state index contributed by atoms with van der Waals surface area (Å²) in [5.74, 6) is 0.465. The molecule has 2 rings (SSSR count). The van der Waals surface area contributed by atoms with Gasteiger partial charge in [-0.15, -0.1) is 0 Å². The second-order valence-electron chi connectivity index (χ2n) is 4.15. The number of Topliss-reactive ketones (excluding diaryl/α,β-unsaturated/α-hetero) is 1. The van der Waals surface area contributed by atoms with Crippen LogP contribution in [0.3, 0.4) is 0 Å². The average Bonchev–Trinajstić information content (AvgIpc) is 2.77. The lowest BCUT2D eigenvalue weighted by Crippen LogP contribution is -2.14. The van der Waals surface area contributed by atoms with Gasteiger partial charge in [0.15, 0.2) is 5.78 Å². The molecule has 0 bridgehead atoms. The van der Waals surface area contributed by atoms with E-state index in [-0.39, 0.29) is 23.9 Å². The van der Waals surface area contributed by atoms with Gasteiger partial charge < -0.3 is 0 Å². The van der Waals surface area contributed by atoms with E-state index < -0.39 is 0 Å². The molecule has 0 spiro atoms. The van der Waals surface area contributed by atoms with Crippen molar-refractivity contribution >= 4 is 17.4 Å². The molecule has 0 atom stereocenters. The molecule has 0 aliphatic heterocycles. The lowest BCUT2D eigenvalue weighted by atomic mass is 10.2. The number of halogens is 1. The molecule has 18 heavy (non-hydrogen) atoms. The van der Waals surface area contributed by atoms with E-state index in [2.05, 4.69) is 15.1 Å². The van der Waals surface area contributed by atoms with Crippen molar-refractivity contribution in [2.45, 2.75) is 26.3 Å². The molecule has 5 nitrogen and oxygen atoms in total. The van der Waals surface area contributed by atoms with E-state index in [4.69, 9.17) is 11.6 Å². The van der Waals surface area contributed by atoms with Crippen LogP contribution in [0.15, 0.2) is 24.7 Å². The molecule has 0 amide bonds. The summed E-state index contributed by atoms with van der Waals surface area (Å²) in [5, 5.41) is 4.44. The van der Waals surface area contributed by atoms with Crippen LogP contribution in [0.2, 0.25) is 5.02 Å². The van der Waals surface area contributed by atoms with Gasteiger partial charge in [0.1, 0.15) is 17.8 Å². The van der Waals surface area contributed by atoms with Gasteiger partial charge in [0, 0.05) is 12.2 Å². The summed E-state index contributed by atoms with van der Waals surface area (Å²) in [4.78, 5) is 20.2. The van der Waals surface area contributed by atoms with Gasteiger partial charge in [0.25, 0.3) is 0 Å². The zero-order chi connectivity index (χ0) is 13.1. The fraction of sp³-hybridized carbons (Fsp3) is 0.333. The number of carbonyl (C=O) groups is 1. The molecule has 0 fully saturated rings. The molecular weight excluding hydrogens is 252 g/mol. The van der Waals surface area contributed by atoms with E-state index in [9.17, 15) is 4.79 Å². The fourth-order valence-electron chi connectivity index (χ4n) is 1.65. The quantitative estimate of drug-likeness (QED) is 0.795. The molecule has 0 N–H and O–H groups in total. The van der Waals surface area contributed by atoms with Crippen LogP contribution < -0.4 is 0 Å². The summed E-state index contributed by atoms with van der Waals surface area (Å²) in [7, 11) is 0. The third-order valence-corrected chi connectivity index (χ3v) is 2.78. The molecule has 2 aromatic rings. The molecule has 0 saturated carbocycles. The third-order valence-electron chi connectivity index (χ3n) is 2.48. The van der Waals surface area contributed by atoms with Crippen molar-refractivity contribution in [3.05, 3.63) is 41.2 Å². The van der Waals surface area contributed by atoms with Crippen LogP contribution in [0, 0.1) is 0 Å². The van der Waals surface area contributed by atoms with Crippen LogP contribution in [-0.4, -0.2) is 25.5 Å². The molecule has 2 aromatic heterocycles. The first-order chi connectivity index (χ1) is 8.59. The molecule has 94 valence electrons. The number of pyridine rings is 1. The second-order valence-corrected chi connectivity index (χ2v) is 4.56. The topological polar surface area (TPSA) is 60.7 Å². The van der Waals surface area contributed by atoms with E-state index in [1.54, 1.807) is 23.0 Å². The van der Waals surface area contributed by atoms with E-state index in [0.717, 1.165) is 0 Å². The molecular formula is C12H13ClN4O. The molecule has 0 radical (unpaired) electrons. The van der Waals surface area contributed by atoms with E-state index in [1.165, 1.54) is 6.33 Å². The Morgan fingerprint density at radius 2 is 2.22 bits per heavy atom. The number of ketones is 1. The highest BCUT2D eigenvalue weighted by Crippen LogP contribution is 2.15. The Morgan fingerprint density at radius 1 is 1.44 bits per heavy atom. The highest BCUT2D eigenvalue weighted by molar-refractivity contribution is 6.33.